The Morgan fingerprint density at radius 3 is 2.58 bits per heavy atom. The molecule has 0 aromatic heterocycles. The fourth-order valence-corrected chi connectivity index (χ4v) is 5.31. The van der Waals surface area contributed by atoms with Gasteiger partial charge in [-0.1, -0.05) is 11.6 Å². The Labute approximate surface area is 153 Å². The maximum atomic E-state index is 13.5. The van der Waals surface area contributed by atoms with Gasteiger partial charge in [-0.25, -0.2) is 12.8 Å². The summed E-state index contributed by atoms with van der Waals surface area (Å²) in [7, 11) is -3.69. The molecule has 2 heterocycles. The molecule has 0 saturated carbocycles. The van der Waals surface area contributed by atoms with Crippen LogP contribution in [-0.2, 0) is 10.0 Å². The summed E-state index contributed by atoms with van der Waals surface area (Å²) < 4.78 is 40.7. The van der Waals surface area contributed by atoms with E-state index in [-0.39, 0.29) is 33.9 Å². The molecule has 136 valence electrons. The second-order valence-electron chi connectivity index (χ2n) is 6.12. The molecule has 0 radical (unpaired) electrons. The van der Waals surface area contributed by atoms with Crippen molar-refractivity contribution in [3.05, 3.63) is 28.5 Å². The third-order valence-corrected chi connectivity index (χ3v) is 6.95. The zero-order valence-electron chi connectivity index (χ0n) is 13.5. The third kappa shape index (κ3) is 3.86. The van der Waals surface area contributed by atoms with Gasteiger partial charge in [-0.2, -0.15) is 4.31 Å². The molecule has 1 unspecified atom stereocenters. The first kappa shape index (κ1) is 19.9. The van der Waals surface area contributed by atoms with Crippen LogP contribution in [0.15, 0.2) is 17.0 Å². The van der Waals surface area contributed by atoms with Gasteiger partial charge in [-0.15, -0.1) is 12.4 Å². The molecule has 24 heavy (non-hydrogen) atoms. The highest BCUT2D eigenvalue weighted by Crippen LogP contribution is 2.30. The number of rotatable bonds is 3. The Bertz CT molecular complexity index is 696. The average molecular weight is 398 g/mol. The Balaban J connectivity index is 0.00000208. The number of aryl methyl sites for hydroxylation is 1. The van der Waals surface area contributed by atoms with Crippen LogP contribution in [0.5, 0.6) is 0 Å². The Hall–Kier alpha value is -0.440. The number of hydrogen-bond donors (Lipinski definition) is 1. The second-order valence-corrected chi connectivity index (χ2v) is 8.44. The van der Waals surface area contributed by atoms with Crippen molar-refractivity contribution < 1.29 is 12.8 Å². The highest BCUT2D eigenvalue weighted by Gasteiger charge is 2.36. The van der Waals surface area contributed by atoms with E-state index in [0.717, 1.165) is 38.7 Å². The predicted octanol–water partition coefficient (Wildman–Crippen LogP) is 1.88. The molecule has 1 N–H and O–H groups in total. The van der Waals surface area contributed by atoms with Crippen LogP contribution in [0.25, 0.3) is 0 Å². The minimum absolute atomic E-state index is 0. The number of nitrogens with one attached hydrogen (secondary N) is 1. The highest BCUT2D eigenvalue weighted by molar-refractivity contribution is 7.89. The Morgan fingerprint density at radius 2 is 1.92 bits per heavy atom. The van der Waals surface area contributed by atoms with Gasteiger partial charge in [0.05, 0.1) is 5.02 Å². The van der Waals surface area contributed by atoms with Gasteiger partial charge in [0.2, 0.25) is 10.0 Å². The first-order valence-electron chi connectivity index (χ1n) is 7.80. The molecule has 5 nitrogen and oxygen atoms in total. The maximum Gasteiger partial charge on any atom is 0.244 e. The van der Waals surface area contributed by atoms with E-state index in [4.69, 9.17) is 11.6 Å². The fourth-order valence-electron chi connectivity index (χ4n) is 3.24. The van der Waals surface area contributed by atoms with Gasteiger partial charge >= 0.3 is 0 Å². The Morgan fingerprint density at radius 1 is 1.25 bits per heavy atom. The summed E-state index contributed by atoms with van der Waals surface area (Å²) in [6.07, 6.45) is 0.816. The molecule has 9 heteroatoms. The first-order chi connectivity index (χ1) is 10.9. The number of benzene rings is 1. The van der Waals surface area contributed by atoms with Crippen LogP contribution in [0.4, 0.5) is 4.39 Å². The molecule has 2 aliphatic rings. The molecule has 1 aromatic carbocycles. The molecule has 0 aliphatic carbocycles. The van der Waals surface area contributed by atoms with Crippen molar-refractivity contribution in [2.24, 2.45) is 0 Å². The summed E-state index contributed by atoms with van der Waals surface area (Å²) in [6, 6.07) is 2.64. The van der Waals surface area contributed by atoms with Gasteiger partial charge in [-0.3, -0.25) is 4.90 Å². The monoisotopic (exact) mass is 397 g/mol. The third-order valence-electron chi connectivity index (χ3n) is 4.63. The van der Waals surface area contributed by atoms with Gasteiger partial charge in [0.25, 0.3) is 0 Å². The van der Waals surface area contributed by atoms with Crippen molar-refractivity contribution in [1.29, 1.82) is 0 Å². The Kier molecular flexibility index (Phi) is 6.50. The van der Waals surface area contributed by atoms with E-state index in [1.54, 1.807) is 0 Å². The van der Waals surface area contributed by atoms with Crippen molar-refractivity contribution in [3.8, 4) is 0 Å². The highest BCUT2D eigenvalue weighted by atomic mass is 35.5. The predicted molar refractivity (Wildman–Crippen MR) is 95.0 cm³/mol. The SMILES string of the molecule is Cc1cc(S(=O)(=O)N2CCC(N3CCNCC3)C2)c(Cl)cc1F.Cl. The number of halogens is 3. The molecule has 3 rings (SSSR count). The lowest BCUT2D eigenvalue weighted by molar-refractivity contribution is 0.179. The van der Waals surface area contributed by atoms with Crippen LogP contribution in [-0.4, -0.2) is 62.9 Å². The summed E-state index contributed by atoms with van der Waals surface area (Å²) in [5.74, 6) is -0.492. The summed E-state index contributed by atoms with van der Waals surface area (Å²) >= 11 is 5.99. The van der Waals surface area contributed by atoms with E-state index in [2.05, 4.69) is 10.2 Å². The average Bonchev–Trinajstić information content (AvgIpc) is 3.02. The fraction of sp³-hybridized carbons (Fsp3) is 0.600. The topological polar surface area (TPSA) is 52.7 Å². The van der Waals surface area contributed by atoms with Crippen molar-refractivity contribution in [2.75, 3.05) is 39.3 Å². The zero-order valence-corrected chi connectivity index (χ0v) is 15.9. The number of piperazine rings is 1. The lowest BCUT2D eigenvalue weighted by Crippen LogP contribution is -2.49. The molecule has 1 aromatic rings. The van der Waals surface area contributed by atoms with Crippen LogP contribution in [0.3, 0.4) is 0 Å². The standard InChI is InChI=1S/C15H21ClFN3O2S.ClH/c1-11-8-15(13(16)9-14(11)17)23(21,22)20-5-2-12(10-20)19-6-3-18-4-7-19;/h8-9,12,18H,2-7,10H2,1H3;1H. The van der Waals surface area contributed by atoms with Gasteiger partial charge < -0.3 is 5.32 Å². The van der Waals surface area contributed by atoms with Gasteiger partial charge in [0.1, 0.15) is 10.7 Å². The summed E-state index contributed by atoms with van der Waals surface area (Å²) in [4.78, 5) is 2.34. The largest absolute Gasteiger partial charge is 0.314 e. The van der Waals surface area contributed by atoms with E-state index in [9.17, 15) is 12.8 Å². The first-order valence-corrected chi connectivity index (χ1v) is 9.62. The molecular weight excluding hydrogens is 376 g/mol. The lowest BCUT2D eigenvalue weighted by atomic mass is 10.2. The van der Waals surface area contributed by atoms with E-state index in [1.807, 2.05) is 0 Å². The molecule has 2 saturated heterocycles. The van der Waals surface area contributed by atoms with Crippen molar-refractivity contribution in [3.63, 3.8) is 0 Å². The van der Waals surface area contributed by atoms with E-state index < -0.39 is 15.8 Å². The number of hydrogen-bond acceptors (Lipinski definition) is 4. The van der Waals surface area contributed by atoms with Crippen LogP contribution < -0.4 is 5.32 Å². The normalized spacial score (nSPS) is 23.2. The molecule has 2 fully saturated rings. The number of sulfonamides is 1. The van der Waals surface area contributed by atoms with E-state index in [0.29, 0.717) is 13.1 Å². The van der Waals surface area contributed by atoms with Gasteiger partial charge in [0, 0.05) is 45.3 Å². The van der Waals surface area contributed by atoms with E-state index in [1.165, 1.54) is 17.3 Å². The number of nitrogens with zero attached hydrogens (tertiary/aromatic N) is 2. The van der Waals surface area contributed by atoms with Gasteiger partial charge in [-0.05, 0) is 31.0 Å². The summed E-state index contributed by atoms with van der Waals surface area (Å²) in [6.45, 7) is 6.24. The minimum Gasteiger partial charge on any atom is -0.314 e. The van der Waals surface area contributed by atoms with E-state index >= 15 is 0 Å². The maximum absolute atomic E-state index is 13.5. The minimum atomic E-state index is -3.69. The summed E-state index contributed by atoms with van der Waals surface area (Å²) in [5.41, 5.74) is 0.283. The summed E-state index contributed by atoms with van der Waals surface area (Å²) in [5, 5.41) is 3.24. The molecule has 0 bridgehead atoms. The quantitative estimate of drug-likeness (QED) is 0.845. The van der Waals surface area contributed by atoms with Crippen LogP contribution in [0.2, 0.25) is 5.02 Å². The van der Waals surface area contributed by atoms with Crippen molar-refractivity contribution >= 4 is 34.0 Å². The molecular formula is C15H22Cl2FN3O2S. The van der Waals surface area contributed by atoms with Gasteiger partial charge in [0.15, 0.2) is 0 Å². The lowest BCUT2D eigenvalue weighted by Gasteiger charge is -2.32. The van der Waals surface area contributed by atoms with Crippen LogP contribution in [0, 0.1) is 12.7 Å². The van der Waals surface area contributed by atoms with Crippen molar-refractivity contribution in [1.82, 2.24) is 14.5 Å². The second kappa shape index (κ2) is 7.85. The van der Waals surface area contributed by atoms with Crippen LogP contribution in [0.1, 0.15) is 12.0 Å². The molecule has 2 aliphatic heterocycles. The molecule has 0 spiro atoms. The zero-order chi connectivity index (χ0) is 16.6. The van der Waals surface area contributed by atoms with Crippen molar-refractivity contribution in [2.45, 2.75) is 24.3 Å². The smallest absolute Gasteiger partial charge is 0.244 e. The van der Waals surface area contributed by atoms with Crippen LogP contribution >= 0.6 is 24.0 Å². The molecule has 1 atom stereocenters. The molecule has 0 amide bonds.